The van der Waals surface area contributed by atoms with Gasteiger partial charge in [-0.25, -0.2) is 0 Å². The van der Waals surface area contributed by atoms with E-state index in [0.29, 0.717) is 0 Å². The van der Waals surface area contributed by atoms with Crippen LogP contribution in [0.25, 0.3) is 0 Å². The lowest BCUT2D eigenvalue weighted by molar-refractivity contribution is 0.382. The molecule has 0 spiro atoms. The molecule has 0 radical (unpaired) electrons. The van der Waals surface area contributed by atoms with Crippen molar-refractivity contribution in [3.8, 4) is 11.5 Å². The van der Waals surface area contributed by atoms with Gasteiger partial charge in [0.1, 0.15) is 11.5 Å². The molecule has 0 amide bonds. The molecule has 2 rings (SSSR count). The van der Waals surface area contributed by atoms with E-state index in [4.69, 9.17) is 9.47 Å². The highest BCUT2D eigenvalue weighted by Crippen LogP contribution is 2.36. The van der Waals surface area contributed by atoms with Crippen molar-refractivity contribution in [1.29, 1.82) is 0 Å². The van der Waals surface area contributed by atoms with E-state index in [0.717, 1.165) is 50.5 Å². The molecule has 0 saturated heterocycles. The maximum Gasteiger partial charge on any atom is 0.127 e. The number of fused-ring (bicyclic) bond motifs is 1. The average molecular weight is 264 g/mol. The molecule has 106 valence electrons. The fourth-order valence-corrected chi connectivity index (χ4v) is 2.64. The van der Waals surface area contributed by atoms with Gasteiger partial charge in [-0.15, -0.1) is 0 Å². The van der Waals surface area contributed by atoms with Gasteiger partial charge < -0.3 is 20.1 Å². The van der Waals surface area contributed by atoms with Crippen molar-refractivity contribution in [2.45, 2.75) is 32.9 Å². The van der Waals surface area contributed by atoms with Crippen LogP contribution in [0.2, 0.25) is 0 Å². The fourth-order valence-electron chi connectivity index (χ4n) is 2.64. The van der Waals surface area contributed by atoms with Crippen LogP contribution in [0.5, 0.6) is 11.5 Å². The Hall–Kier alpha value is -1.26. The van der Waals surface area contributed by atoms with Gasteiger partial charge in [0.05, 0.1) is 14.2 Å². The summed E-state index contributed by atoms with van der Waals surface area (Å²) in [6.07, 6.45) is 2.13. The Balaban J connectivity index is 2.36. The Kier molecular flexibility index (Phi) is 5.05. The van der Waals surface area contributed by atoms with E-state index in [2.05, 4.69) is 23.6 Å². The lowest BCUT2D eigenvalue weighted by atomic mass is 9.95. The minimum Gasteiger partial charge on any atom is -0.496 e. The van der Waals surface area contributed by atoms with Crippen LogP contribution in [0.3, 0.4) is 0 Å². The number of benzene rings is 1. The van der Waals surface area contributed by atoms with Crippen molar-refractivity contribution < 1.29 is 9.47 Å². The summed E-state index contributed by atoms with van der Waals surface area (Å²) >= 11 is 0. The zero-order valence-corrected chi connectivity index (χ0v) is 12.1. The third kappa shape index (κ3) is 3.01. The van der Waals surface area contributed by atoms with Crippen molar-refractivity contribution >= 4 is 0 Å². The Morgan fingerprint density at radius 2 is 2.11 bits per heavy atom. The lowest BCUT2D eigenvalue weighted by Gasteiger charge is -2.24. The topological polar surface area (TPSA) is 42.5 Å². The summed E-state index contributed by atoms with van der Waals surface area (Å²) < 4.78 is 11.2. The van der Waals surface area contributed by atoms with Crippen LogP contribution >= 0.6 is 0 Å². The first-order chi connectivity index (χ1) is 9.31. The van der Waals surface area contributed by atoms with Gasteiger partial charge in [0.25, 0.3) is 0 Å². The number of ether oxygens (including phenoxy) is 2. The summed E-state index contributed by atoms with van der Waals surface area (Å²) in [5.41, 5.74) is 3.73. The molecular weight excluding hydrogens is 240 g/mol. The molecule has 0 saturated carbocycles. The molecule has 0 unspecified atom stereocenters. The summed E-state index contributed by atoms with van der Waals surface area (Å²) in [6.45, 7) is 5.87. The van der Waals surface area contributed by atoms with Crippen molar-refractivity contribution in [2.75, 3.05) is 27.3 Å². The van der Waals surface area contributed by atoms with Crippen LogP contribution in [-0.2, 0) is 19.5 Å². The van der Waals surface area contributed by atoms with Crippen molar-refractivity contribution in [2.24, 2.45) is 0 Å². The summed E-state index contributed by atoms with van der Waals surface area (Å²) in [6, 6.07) is 2.10. The molecule has 1 aromatic rings. The highest BCUT2D eigenvalue weighted by molar-refractivity contribution is 5.54. The second-order valence-corrected chi connectivity index (χ2v) is 4.83. The minimum atomic E-state index is 0.827. The van der Waals surface area contributed by atoms with Crippen LogP contribution in [0, 0.1) is 0 Å². The Morgan fingerprint density at radius 1 is 1.26 bits per heavy atom. The largest absolute Gasteiger partial charge is 0.496 e. The Labute approximate surface area is 115 Å². The second-order valence-electron chi connectivity index (χ2n) is 4.83. The molecule has 1 heterocycles. The number of hydrogen-bond donors (Lipinski definition) is 2. The van der Waals surface area contributed by atoms with Crippen LogP contribution in [-0.4, -0.2) is 27.3 Å². The van der Waals surface area contributed by atoms with Crippen LogP contribution < -0.4 is 20.1 Å². The van der Waals surface area contributed by atoms with Crippen molar-refractivity contribution in [1.82, 2.24) is 10.6 Å². The predicted octanol–water partition coefficient (Wildman–Crippen LogP) is 1.85. The summed E-state index contributed by atoms with van der Waals surface area (Å²) in [4.78, 5) is 0. The zero-order valence-electron chi connectivity index (χ0n) is 12.1. The SMILES string of the molecule is CCCNCc1cc(OC)c2c(c1OC)CCNC2. The quantitative estimate of drug-likeness (QED) is 0.770. The van der Waals surface area contributed by atoms with E-state index < -0.39 is 0 Å². The first-order valence-corrected chi connectivity index (χ1v) is 6.98. The molecule has 0 atom stereocenters. The third-order valence-electron chi connectivity index (χ3n) is 3.55. The molecule has 0 aromatic heterocycles. The van der Waals surface area contributed by atoms with Gasteiger partial charge in [-0.05, 0) is 32.0 Å². The molecule has 0 bridgehead atoms. The summed E-state index contributed by atoms with van der Waals surface area (Å²) in [5.74, 6) is 2.00. The summed E-state index contributed by atoms with van der Waals surface area (Å²) in [7, 11) is 3.49. The van der Waals surface area contributed by atoms with Crippen molar-refractivity contribution in [3.63, 3.8) is 0 Å². The molecule has 0 aliphatic carbocycles. The third-order valence-corrected chi connectivity index (χ3v) is 3.55. The van der Waals surface area contributed by atoms with Gasteiger partial charge in [0.2, 0.25) is 0 Å². The molecule has 4 heteroatoms. The molecule has 2 N–H and O–H groups in total. The zero-order chi connectivity index (χ0) is 13.7. The maximum absolute atomic E-state index is 5.65. The van der Waals surface area contributed by atoms with E-state index in [1.54, 1.807) is 14.2 Å². The van der Waals surface area contributed by atoms with Crippen LogP contribution in [0.15, 0.2) is 6.07 Å². The minimum absolute atomic E-state index is 0.827. The number of nitrogens with one attached hydrogen (secondary N) is 2. The number of methoxy groups -OCH3 is 2. The van der Waals surface area contributed by atoms with E-state index >= 15 is 0 Å². The van der Waals surface area contributed by atoms with Gasteiger partial charge in [-0.1, -0.05) is 6.92 Å². The molecule has 1 aliphatic rings. The van der Waals surface area contributed by atoms with Gasteiger partial charge in [0, 0.05) is 29.8 Å². The monoisotopic (exact) mass is 264 g/mol. The normalized spacial score (nSPS) is 14.1. The average Bonchev–Trinajstić information content (AvgIpc) is 2.46. The maximum atomic E-state index is 5.65. The first kappa shape index (κ1) is 14.2. The van der Waals surface area contributed by atoms with Crippen LogP contribution in [0.1, 0.15) is 30.0 Å². The summed E-state index contributed by atoms with van der Waals surface area (Å²) in [5, 5.41) is 6.82. The van der Waals surface area contributed by atoms with E-state index in [1.807, 2.05) is 0 Å². The van der Waals surface area contributed by atoms with Gasteiger partial charge >= 0.3 is 0 Å². The standard InChI is InChI=1S/C15H24N2O2/c1-4-6-16-9-11-8-14(18-2)13-10-17-7-5-12(13)15(11)19-3/h8,16-17H,4-7,9-10H2,1-3H3. The molecule has 4 nitrogen and oxygen atoms in total. The molecule has 19 heavy (non-hydrogen) atoms. The number of rotatable bonds is 6. The predicted molar refractivity (Wildman–Crippen MR) is 77.0 cm³/mol. The Bertz CT molecular complexity index is 433. The van der Waals surface area contributed by atoms with E-state index in [9.17, 15) is 0 Å². The van der Waals surface area contributed by atoms with Crippen LogP contribution in [0.4, 0.5) is 0 Å². The number of hydrogen-bond acceptors (Lipinski definition) is 4. The molecule has 0 fully saturated rings. The second kappa shape index (κ2) is 6.78. The van der Waals surface area contributed by atoms with Gasteiger partial charge in [-0.3, -0.25) is 0 Å². The highest BCUT2D eigenvalue weighted by atomic mass is 16.5. The fraction of sp³-hybridized carbons (Fsp3) is 0.600. The van der Waals surface area contributed by atoms with E-state index in [-0.39, 0.29) is 0 Å². The van der Waals surface area contributed by atoms with Gasteiger partial charge in [0.15, 0.2) is 0 Å². The molecule has 1 aliphatic heterocycles. The Morgan fingerprint density at radius 3 is 2.79 bits per heavy atom. The molecular formula is C15H24N2O2. The first-order valence-electron chi connectivity index (χ1n) is 6.98. The molecule has 1 aromatic carbocycles. The van der Waals surface area contributed by atoms with E-state index in [1.165, 1.54) is 16.7 Å². The van der Waals surface area contributed by atoms with Crippen molar-refractivity contribution in [3.05, 3.63) is 22.8 Å². The lowest BCUT2D eigenvalue weighted by Crippen LogP contribution is -2.25. The van der Waals surface area contributed by atoms with Gasteiger partial charge in [-0.2, -0.15) is 0 Å². The smallest absolute Gasteiger partial charge is 0.127 e. The highest BCUT2D eigenvalue weighted by Gasteiger charge is 2.21.